The fraction of sp³-hybridized carbons (Fsp3) is 0.435. The van der Waals surface area contributed by atoms with E-state index in [1.165, 1.54) is 7.11 Å². The fourth-order valence-electron chi connectivity index (χ4n) is 3.43. The predicted molar refractivity (Wildman–Crippen MR) is 108 cm³/mol. The van der Waals surface area contributed by atoms with Gasteiger partial charge in [0.15, 0.2) is 17.8 Å². The Morgan fingerprint density at radius 3 is 2.45 bits per heavy atom. The minimum atomic E-state index is -0.442. The van der Waals surface area contributed by atoms with E-state index in [-0.39, 0.29) is 17.7 Å². The van der Waals surface area contributed by atoms with E-state index in [1.54, 1.807) is 19.2 Å². The predicted octanol–water partition coefficient (Wildman–Crippen LogP) is 4.66. The molecule has 6 nitrogen and oxygen atoms in total. The molecule has 6 heteroatoms. The minimum Gasteiger partial charge on any atom is -0.493 e. The van der Waals surface area contributed by atoms with Crippen molar-refractivity contribution in [2.45, 2.75) is 51.8 Å². The summed E-state index contributed by atoms with van der Waals surface area (Å²) in [4.78, 5) is 11.5. The molecule has 29 heavy (non-hydrogen) atoms. The molecule has 0 unspecified atom stereocenters. The van der Waals surface area contributed by atoms with Crippen LogP contribution in [0.25, 0.3) is 0 Å². The molecule has 0 N–H and O–H groups in total. The van der Waals surface area contributed by atoms with Gasteiger partial charge in [0.25, 0.3) is 0 Å². The summed E-state index contributed by atoms with van der Waals surface area (Å²) in [6, 6.07) is 12.8. The Hall–Kier alpha value is -2.57. The molecule has 1 aliphatic heterocycles. The van der Waals surface area contributed by atoms with Crippen LogP contribution < -0.4 is 9.47 Å². The Kier molecular flexibility index (Phi) is 6.45. The molecule has 3 rings (SSSR count). The third-order valence-electron chi connectivity index (χ3n) is 4.79. The van der Waals surface area contributed by atoms with Crippen LogP contribution in [0.2, 0.25) is 0 Å². The van der Waals surface area contributed by atoms with E-state index in [0.717, 1.165) is 17.5 Å². The van der Waals surface area contributed by atoms with E-state index < -0.39 is 6.29 Å². The highest BCUT2D eigenvalue weighted by Gasteiger charge is 2.34. The monoisotopic (exact) mass is 400 g/mol. The molecule has 0 radical (unpaired) electrons. The fourth-order valence-corrected chi connectivity index (χ4v) is 3.43. The molecule has 1 heterocycles. The van der Waals surface area contributed by atoms with Gasteiger partial charge in [-0.25, -0.2) is 4.79 Å². The number of carbonyl (C=O) groups excluding carboxylic acids is 1. The maximum Gasteiger partial charge on any atom is 0.337 e. The number of carbonyl (C=O) groups is 1. The van der Waals surface area contributed by atoms with Crippen LogP contribution in [0.4, 0.5) is 0 Å². The van der Waals surface area contributed by atoms with Crippen molar-refractivity contribution in [2.24, 2.45) is 0 Å². The van der Waals surface area contributed by atoms with Gasteiger partial charge in [0, 0.05) is 12.0 Å². The van der Waals surface area contributed by atoms with Crippen molar-refractivity contribution in [1.29, 1.82) is 0 Å². The Labute approximate surface area is 171 Å². The average Bonchev–Trinajstić information content (AvgIpc) is 2.70. The number of ether oxygens (including phenoxy) is 5. The molecular formula is C23H28O6. The van der Waals surface area contributed by atoms with Crippen molar-refractivity contribution in [3.8, 4) is 11.5 Å². The molecular weight excluding hydrogens is 372 g/mol. The molecule has 0 amide bonds. The third-order valence-corrected chi connectivity index (χ3v) is 4.79. The molecule has 1 saturated heterocycles. The van der Waals surface area contributed by atoms with Gasteiger partial charge in [-0.1, -0.05) is 18.2 Å². The molecule has 0 saturated carbocycles. The van der Waals surface area contributed by atoms with Crippen molar-refractivity contribution in [2.75, 3.05) is 14.2 Å². The molecule has 1 fully saturated rings. The summed E-state index contributed by atoms with van der Waals surface area (Å²) >= 11 is 0. The third kappa shape index (κ3) is 5.28. The van der Waals surface area contributed by atoms with Gasteiger partial charge >= 0.3 is 5.97 Å². The Morgan fingerprint density at radius 2 is 1.83 bits per heavy atom. The van der Waals surface area contributed by atoms with E-state index in [0.29, 0.717) is 23.7 Å². The van der Waals surface area contributed by atoms with Gasteiger partial charge in [0.1, 0.15) is 6.61 Å². The lowest BCUT2D eigenvalue weighted by molar-refractivity contribution is -0.273. The first kappa shape index (κ1) is 21.1. The van der Waals surface area contributed by atoms with Crippen LogP contribution in [0.1, 0.15) is 55.0 Å². The highest BCUT2D eigenvalue weighted by Crippen LogP contribution is 2.38. The second-order valence-electron chi connectivity index (χ2n) is 7.75. The lowest BCUT2D eigenvalue weighted by atomic mass is 9.99. The molecule has 2 aromatic carbocycles. The highest BCUT2D eigenvalue weighted by molar-refractivity contribution is 5.89. The molecule has 2 atom stereocenters. The normalized spacial score (nSPS) is 20.7. The molecule has 0 spiro atoms. The average molecular weight is 400 g/mol. The molecule has 0 aliphatic carbocycles. The lowest BCUT2D eigenvalue weighted by Crippen LogP contribution is -2.38. The first-order chi connectivity index (χ1) is 13.8. The highest BCUT2D eigenvalue weighted by atomic mass is 16.7. The molecule has 0 aromatic heterocycles. The topological polar surface area (TPSA) is 63.2 Å². The van der Waals surface area contributed by atoms with Crippen LogP contribution in [0.15, 0.2) is 42.5 Å². The maximum absolute atomic E-state index is 11.5. The van der Waals surface area contributed by atoms with Gasteiger partial charge in [-0.05, 0) is 50.6 Å². The van der Waals surface area contributed by atoms with Gasteiger partial charge < -0.3 is 23.7 Å². The Balaban J connectivity index is 1.70. The van der Waals surface area contributed by atoms with E-state index in [9.17, 15) is 4.79 Å². The van der Waals surface area contributed by atoms with Crippen molar-refractivity contribution < 1.29 is 28.5 Å². The van der Waals surface area contributed by atoms with Crippen molar-refractivity contribution in [3.63, 3.8) is 0 Å². The van der Waals surface area contributed by atoms with Crippen LogP contribution in [0.5, 0.6) is 11.5 Å². The Morgan fingerprint density at radius 1 is 1.10 bits per heavy atom. The summed E-state index contributed by atoms with van der Waals surface area (Å²) in [6.45, 7) is 6.54. The Bertz CT molecular complexity index is 843. The lowest BCUT2D eigenvalue weighted by Gasteiger charge is -2.39. The number of esters is 1. The first-order valence-electron chi connectivity index (χ1n) is 9.62. The van der Waals surface area contributed by atoms with Gasteiger partial charge in [-0.3, -0.25) is 0 Å². The molecule has 0 bridgehead atoms. The van der Waals surface area contributed by atoms with Crippen molar-refractivity contribution in [1.82, 2.24) is 0 Å². The van der Waals surface area contributed by atoms with E-state index >= 15 is 0 Å². The summed E-state index contributed by atoms with van der Waals surface area (Å²) < 4.78 is 28.2. The van der Waals surface area contributed by atoms with Crippen LogP contribution in [0.3, 0.4) is 0 Å². The standard InChI is InChI=1S/C23H28O6/c1-15-13-23(2,3)29-22(28-15)18-10-11-19(20(12-18)25-4)27-14-16-6-8-17(9-7-16)21(24)26-5/h6-12,15,22H,13-14H2,1-5H3/t15-,22+/m1/s1. The zero-order valence-corrected chi connectivity index (χ0v) is 17.6. The number of methoxy groups -OCH3 is 2. The van der Waals surface area contributed by atoms with Gasteiger partial charge in [-0.2, -0.15) is 0 Å². The molecule has 156 valence electrons. The molecule has 2 aromatic rings. The van der Waals surface area contributed by atoms with Crippen LogP contribution in [-0.4, -0.2) is 31.9 Å². The first-order valence-corrected chi connectivity index (χ1v) is 9.62. The van der Waals surface area contributed by atoms with Gasteiger partial charge in [-0.15, -0.1) is 0 Å². The summed E-state index contributed by atoms with van der Waals surface area (Å²) in [5.41, 5.74) is 2.07. The number of benzene rings is 2. The quantitative estimate of drug-likeness (QED) is 0.657. The van der Waals surface area contributed by atoms with Crippen molar-refractivity contribution >= 4 is 5.97 Å². The number of hydrogen-bond donors (Lipinski definition) is 0. The van der Waals surface area contributed by atoms with Crippen molar-refractivity contribution in [3.05, 3.63) is 59.2 Å². The summed E-state index contributed by atoms with van der Waals surface area (Å²) in [7, 11) is 2.96. The van der Waals surface area contributed by atoms with Gasteiger partial charge in [0.2, 0.25) is 0 Å². The maximum atomic E-state index is 11.5. The summed E-state index contributed by atoms with van der Waals surface area (Å²) in [5, 5.41) is 0. The van der Waals surface area contributed by atoms with Gasteiger partial charge in [0.05, 0.1) is 31.5 Å². The van der Waals surface area contributed by atoms with Crippen LogP contribution >= 0.6 is 0 Å². The zero-order chi connectivity index (χ0) is 21.0. The molecule has 1 aliphatic rings. The largest absolute Gasteiger partial charge is 0.493 e. The van der Waals surface area contributed by atoms with E-state index in [2.05, 4.69) is 20.8 Å². The zero-order valence-electron chi connectivity index (χ0n) is 17.6. The SMILES string of the molecule is COC(=O)c1ccc(COc2ccc([C@H]3O[C@H](C)CC(C)(C)O3)cc2OC)cc1. The second-order valence-corrected chi connectivity index (χ2v) is 7.75. The number of rotatable bonds is 6. The minimum absolute atomic E-state index is 0.110. The summed E-state index contributed by atoms with van der Waals surface area (Å²) in [5.74, 6) is 0.868. The smallest absolute Gasteiger partial charge is 0.337 e. The van der Waals surface area contributed by atoms with E-state index in [1.807, 2.05) is 30.3 Å². The number of hydrogen-bond acceptors (Lipinski definition) is 6. The van der Waals surface area contributed by atoms with Crippen LogP contribution in [-0.2, 0) is 20.8 Å². The van der Waals surface area contributed by atoms with E-state index in [4.69, 9.17) is 23.7 Å². The van der Waals surface area contributed by atoms with Crippen LogP contribution in [0, 0.1) is 0 Å². The second kappa shape index (κ2) is 8.84. The summed E-state index contributed by atoms with van der Waals surface area (Å²) in [6.07, 6.45) is 0.512.